The summed E-state index contributed by atoms with van der Waals surface area (Å²) in [5.41, 5.74) is 2.16. The molecule has 1 aliphatic heterocycles. The lowest BCUT2D eigenvalue weighted by atomic mass is 9.59. The van der Waals surface area contributed by atoms with Crippen molar-refractivity contribution in [2.45, 2.75) is 52.0 Å². The van der Waals surface area contributed by atoms with Crippen LogP contribution in [0.2, 0.25) is 0 Å². The number of esters is 1. The minimum atomic E-state index is -0.372. The molecule has 0 aromatic heterocycles. The predicted octanol–water partition coefficient (Wildman–Crippen LogP) is 4.68. The molecular formula is C33H43N3O4. The first-order chi connectivity index (χ1) is 19.3. The Morgan fingerprint density at radius 1 is 0.925 bits per heavy atom. The third-order valence-electron chi connectivity index (χ3n) is 9.37. The zero-order chi connectivity index (χ0) is 28.3. The molecule has 2 aliphatic carbocycles. The van der Waals surface area contributed by atoms with Crippen LogP contribution in [-0.2, 0) is 14.3 Å². The van der Waals surface area contributed by atoms with Gasteiger partial charge in [0, 0.05) is 31.6 Å². The number of carbonyl (C=O) groups is 3. The molecule has 3 aliphatic rings. The minimum Gasteiger partial charge on any atom is -0.465 e. The van der Waals surface area contributed by atoms with Gasteiger partial charge in [0.15, 0.2) is 0 Å². The Morgan fingerprint density at radius 3 is 2.20 bits per heavy atom. The lowest BCUT2D eigenvalue weighted by molar-refractivity contribution is -0.139. The summed E-state index contributed by atoms with van der Waals surface area (Å²) in [6, 6.07) is 17.6. The highest BCUT2D eigenvalue weighted by molar-refractivity contribution is 5.91. The smallest absolute Gasteiger partial charge is 0.338 e. The fourth-order valence-electron chi connectivity index (χ4n) is 7.74. The van der Waals surface area contributed by atoms with Crippen LogP contribution in [-0.4, -0.2) is 67.4 Å². The quantitative estimate of drug-likeness (QED) is 0.512. The van der Waals surface area contributed by atoms with Crippen LogP contribution in [0.5, 0.6) is 0 Å². The Hall–Kier alpha value is -3.19. The molecule has 3 unspecified atom stereocenters. The largest absolute Gasteiger partial charge is 0.465 e. The van der Waals surface area contributed by atoms with Crippen LogP contribution >= 0.6 is 0 Å². The lowest BCUT2D eigenvalue weighted by Gasteiger charge is -2.46. The first-order valence-corrected chi connectivity index (χ1v) is 14.8. The second-order valence-electron chi connectivity index (χ2n) is 12.5. The summed E-state index contributed by atoms with van der Waals surface area (Å²) in [5.74, 6) is 1.66. The monoisotopic (exact) mass is 545 g/mol. The molecule has 1 heterocycles. The highest BCUT2D eigenvalue weighted by Crippen LogP contribution is 2.50. The number of hydrogen-bond donors (Lipinski definition) is 1. The fourth-order valence-corrected chi connectivity index (χ4v) is 7.74. The number of nitrogens with zero attached hydrogens (tertiary/aromatic N) is 2. The first kappa shape index (κ1) is 28.3. The van der Waals surface area contributed by atoms with Crippen molar-refractivity contribution in [1.29, 1.82) is 0 Å². The Bertz CT molecular complexity index is 1190. The molecule has 3 fully saturated rings. The van der Waals surface area contributed by atoms with Gasteiger partial charge in [-0.15, -0.1) is 0 Å². The molecule has 214 valence electrons. The Morgan fingerprint density at radius 2 is 1.55 bits per heavy atom. The van der Waals surface area contributed by atoms with Gasteiger partial charge in [-0.3, -0.25) is 14.5 Å². The molecule has 0 radical (unpaired) electrons. The number of piperazine rings is 1. The zero-order valence-corrected chi connectivity index (χ0v) is 24.1. The maximum Gasteiger partial charge on any atom is 0.338 e. The van der Waals surface area contributed by atoms with Crippen LogP contribution in [0.4, 0.5) is 0 Å². The molecular weight excluding hydrogens is 502 g/mol. The highest BCUT2D eigenvalue weighted by atomic mass is 16.5. The van der Waals surface area contributed by atoms with Gasteiger partial charge < -0.3 is 15.0 Å². The topological polar surface area (TPSA) is 79.0 Å². The highest BCUT2D eigenvalue weighted by Gasteiger charge is 2.45. The molecule has 1 saturated heterocycles. The van der Waals surface area contributed by atoms with Crippen molar-refractivity contribution in [3.63, 3.8) is 0 Å². The normalized spacial score (nSPS) is 27.5. The summed E-state index contributed by atoms with van der Waals surface area (Å²) >= 11 is 0. The lowest BCUT2D eigenvalue weighted by Crippen LogP contribution is -2.53. The van der Waals surface area contributed by atoms with Gasteiger partial charge in [-0.25, -0.2) is 4.79 Å². The average Bonchev–Trinajstić information content (AvgIpc) is 2.96. The van der Waals surface area contributed by atoms with Crippen LogP contribution in [0.3, 0.4) is 0 Å². The number of fused-ring (bicyclic) bond motifs is 2. The van der Waals surface area contributed by atoms with Crippen LogP contribution in [0.15, 0.2) is 54.6 Å². The van der Waals surface area contributed by atoms with E-state index in [1.165, 1.54) is 26.4 Å². The number of carbonyl (C=O) groups excluding carboxylic acids is 3. The first-order valence-electron chi connectivity index (χ1n) is 14.8. The summed E-state index contributed by atoms with van der Waals surface area (Å²) in [6.07, 6.45) is 5.55. The van der Waals surface area contributed by atoms with E-state index in [9.17, 15) is 14.4 Å². The third-order valence-corrected chi connectivity index (χ3v) is 9.37. The van der Waals surface area contributed by atoms with Crippen LogP contribution in [0, 0.1) is 23.2 Å². The zero-order valence-electron chi connectivity index (χ0n) is 24.1. The maximum atomic E-state index is 13.3. The summed E-state index contributed by atoms with van der Waals surface area (Å²) in [4.78, 5) is 43.2. The second-order valence-corrected chi connectivity index (χ2v) is 12.5. The van der Waals surface area contributed by atoms with Crippen molar-refractivity contribution in [2.75, 3.05) is 39.8 Å². The summed E-state index contributed by atoms with van der Waals surface area (Å²) in [7, 11) is 1.40. The Labute approximate surface area is 238 Å². The predicted molar refractivity (Wildman–Crippen MR) is 155 cm³/mol. The number of hydrogen-bond acceptors (Lipinski definition) is 5. The summed E-state index contributed by atoms with van der Waals surface area (Å²) in [5, 5.41) is 3.01. The maximum absolute atomic E-state index is 13.3. The molecule has 5 rings (SSSR count). The van der Waals surface area contributed by atoms with Gasteiger partial charge >= 0.3 is 5.97 Å². The number of benzene rings is 2. The van der Waals surface area contributed by atoms with Gasteiger partial charge in [-0.05, 0) is 67.1 Å². The van der Waals surface area contributed by atoms with Crippen molar-refractivity contribution in [2.24, 2.45) is 23.2 Å². The number of ether oxygens (including phenoxy) is 1. The molecule has 2 bridgehead atoms. The van der Waals surface area contributed by atoms with E-state index in [1.807, 2.05) is 41.3 Å². The molecule has 1 N–H and O–H groups in total. The fraction of sp³-hybridized carbons (Fsp3) is 0.545. The molecule has 7 heteroatoms. The van der Waals surface area contributed by atoms with Crippen molar-refractivity contribution >= 4 is 17.8 Å². The van der Waals surface area contributed by atoms with Crippen molar-refractivity contribution in [3.05, 3.63) is 71.3 Å². The Kier molecular flexibility index (Phi) is 8.60. The van der Waals surface area contributed by atoms with Gasteiger partial charge in [-0.1, -0.05) is 62.4 Å². The number of methoxy groups -OCH3 is 1. The molecule has 3 atom stereocenters. The van der Waals surface area contributed by atoms with Gasteiger partial charge in [0.25, 0.3) is 0 Å². The van der Waals surface area contributed by atoms with E-state index in [-0.39, 0.29) is 35.8 Å². The van der Waals surface area contributed by atoms with E-state index in [1.54, 1.807) is 6.07 Å². The second kappa shape index (κ2) is 12.1. The van der Waals surface area contributed by atoms with E-state index < -0.39 is 0 Å². The van der Waals surface area contributed by atoms with Gasteiger partial charge in [-0.2, -0.15) is 0 Å². The van der Waals surface area contributed by atoms with Crippen molar-refractivity contribution in [1.82, 2.24) is 15.1 Å². The van der Waals surface area contributed by atoms with Crippen LogP contribution < -0.4 is 5.32 Å². The number of nitrogens with one attached hydrogen (secondary N) is 1. The Balaban J connectivity index is 1.21. The van der Waals surface area contributed by atoms with Crippen molar-refractivity contribution < 1.29 is 19.1 Å². The standard InChI is InChI=1S/C33H43N3O4/c1-23-17-24-19-25(18-23)21-33(2,20-24)32(39)34-22-29(37)35-13-15-36(16-14-35)30(26-9-5-4-6-10-26)27-11-7-8-12-28(27)31(38)40-3/h4-12,23-25,30H,13-22H2,1-3H3,(H,34,39). The molecule has 2 amide bonds. The third kappa shape index (κ3) is 6.09. The van der Waals surface area contributed by atoms with Gasteiger partial charge in [0.2, 0.25) is 11.8 Å². The van der Waals surface area contributed by atoms with Crippen molar-refractivity contribution in [3.8, 4) is 0 Å². The van der Waals surface area contributed by atoms with Gasteiger partial charge in [0.1, 0.15) is 0 Å². The van der Waals surface area contributed by atoms with E-state index >= 15 is 0 Å². The average molecular weight is 546 g/mol. The van der Waals surface area contributed by atoms with E-state index in [0.29, 0.717) is 43.6 Å². The molecule has 2 aromatic carbocycles. The van der Waals surface area contributed by atoms with E-state index in [2.05, 4.69) is 36.2 Å². The molecule has 0 spiro atoms. The number of amides is 2. The van der Waals surface area contributed by atoms with E-state index in [4.69, 9.17) is 4.74 Å². The molecule has 40 heavy (non-hydrogen) atoms. The summed E-state index contributed by atoms with van der Waals surface area (Å²) in [6.45, 7) is 6.93. The van der Waals surface area contributed by atoms with Crippen LogP contribution in [0.1, 0.15) is 73.5 Å². The molecule has 7 nitrogen and oxygen atoms in total. The molecule has 2 saturated carbocycles. The molecule has 2 aromatic rings. The minimum absolute atomic E-state index is 0.0345. The van der Waals surface area contributed by atoms with Crippen LogP contribution in [0.25, 0.3) is 0 Å². The van der Waals surface area contributed by atoms with E-state index in [0.717, 1.165) is 29.9 Å². The van der Waals surface area contributed by atoms with Gasteiger partial charge in [0.05, 0.1) is 25.3 Å². The number of rotatable bonds is 7. The SMILES string of the molecule is COC(=O)c1ccccc1C(c1ccccc1)N1CCN(C(=O)CNC(=O)C2(C)CC3CC(C)CC(C3)C2)CC1. The summed E-state index contributed by atoms with van der Waals surface area (Å²) < 4.78 is 5.08.